The summed E-state index contributed by atoms with van der Waals surface area (Å²) >= 11 is 1.86. The molecule has 0 bridgehead atoms. The predicted octanol–water partition coefficient (Wildman–Crippen LogP) is 4.35. The van der Waals surface area contributed by atoms with Gasteiger partial charge in [-0.05, 0) is 32.8 Å². The summed E-state index contributed by atoms with van der Waals surface area (Å²) in [5, 5.41) is 4.61. The molecule has 1 aromatic heterocycles. The first-order valence-corrected chi connectivity index (χ1v) is 9.58. The van der Waals surface area contributed by atoms with E-state index in [4.69, 9.17) is 9.41 Å². The third kappa shape index (κ3) is 3.01. The summed E-state index contributed by atoms with van der Waals surface area (Å²) in [5.74, 6) is 1.25. The largest absolute Gasteiger partial charge is 0.455 e. The number of carbonyl (C=O) groups is 1. The molecule has 4 rings (SSSR count). The van der Waals surface area contributed by atoms with Crippen molar-refractivity contribution in [3.8, 4) is 0 Å². The van der Waals surface area contributed by atoms with Crippen molar-refractivity contribution in [2.75, 3.05) is 0 Å². The number of fused-ring (bicyclic) bond motifs is 3. The molecule has 0 spiro atoms. The second-order valence-electron chi connectivity index (χ2n) is 6.85. The topological polar surface area (TPSA) is 54.6 Å². The monoisotopic (exact) mass is 354 g/mol. The number of nitrogens with zero attached hydrogens (tertiary/aromatic N) is 1. The van der Waals surface area contributed by atoms with Crippen LogP contribution in [0.5, 0.6) is 0 Å². The smallest absolute Gasteiger partial charge is 0.287 e. The maximum absolute atomic E-state index is 12.7. The Labute approximate surface area is 152 Å². The van der Waals surface area contributed by atoms with Gasteiger partial charge in [-0.25, -0.2) is 0 Å². The maximum atomic E-state index is 12.7. The molecule has 4 nitrogen and oxygen atoms in total. The number of aliphatic imine (C=N–C) groups is 1. The summed E-state index contributed by atoms with van der Waals surface area (Å²) < 4.78 is 5.96. The molecule has 1 amide bonds. The number of furan rings is 1. The fraction of sp³-hybridized carbons (Fsp3) is 0.400. The van der Waals surface area contributed by atoms with Crippen LogP contribution in [0, 0.1) is 13.8 Å². The molecule has 0 unspecified atom stereocenters. The number of aryl methyl sites for hydroxylation is 2. The van der Waals surface area contributed by atoms with Crippen molar-refractivity contribution in [1.29, 1.82) is 0 Å². The number of benzene rings is 1. The Hall–Kier alpha value is -2.01. The van der Waals surface area contributed by atoms with Crippen LogP contribution < -0.4 is 5.32 Å². The summed E-state index contributed by atoms with van der Waals surface area (Å²) in [7, 11) is 0. The molecule has 0 fully saturated rings. The van der Waals surface area contributed by atoms with Gasteiger partial charge in [0.05, 0.1) is 11.1 Å². The summed E-state index contributed by atoms with van der Waals surface area (Å²) in [6.45, 7) is 6.60. The SMILES string of the molecule is CC1=N[C@@H]2c3c(oc(C(=O)NCc4cccc(C)c4)c3C)CC[C@H]2S1. The second-order valence-corrected chi connectivity index (χ2v) is 8.28. The normalized spacial score (nSPS) is 21.5. The molecule has 0 saturated carbocycles. The molecular weight excluding hydrogens is 332 g/mol. The van der Waals surface area contributed by atoms with Crippen molar-refractivity contribution < 1.29 is 9.21 Å². The van der Waals surface area contributed by atoms with Crippen LogP contribution in [0.15, 0.2) is 33.7 Å². The van der Waals surface area contributed by atoms with Gasteiger partial charge in [0.1, 0.15) is 5.76 Å². The lowest BCUT2D eigenvalue weighted by molar-refractivity contribution is 0.0920. The molecule has 25 heavy (non-hydrogen) atoms. The maximum Gasteiger partial charge on any atom is 0.287 e. The zero-order valence-corrected chi connectivity index (χ0v) is 15.6. The van der Waals surface area contributed by atoms with Crippen LogP contribution >= 0.6 is 11.8 Å². The first-order valence-electron chi connectivity index (χ1n) is 8.70. The lowest BCUT2D eigenvalue weighted by Crippen LogP contribution is -2.23. The summed E-state index contributed by atoms with van der Waals surface area (Å²) in [6, 6.07) is 8.31. The number of hydrogen-bond donors (Lipinski definition) is 1. The molecule has 1 aliphatic carbocycles. The molecule has 2 aliphatic rings. The van der Waals surface area contributed by atoms with E-state index in [2.05, 4.69) is 31.3 Å². The van der Waals surface area contributed by atoms with Crippen molar-refractivity contribution in [2.45, 2.75) is 51.4 Å². The highest BCUT2D eigenvalue weighted by Gasteiger charge is 2.39. The van der Waals surface area contributed by atoms with E-state index in [9.17, 15) is 4.79 Å². The number of amides is 1. The van der Waals surface area contributed by atoms with Crippen LogP contribution in [-0.2, 0) is 13.0 Å². The van der Waals surface area contributed by atoms with Gasteiger partial charge in [0.25, 0.3) is 5.91 Å². The Morgan fingerprint density at radius 2 is 2.20 bits per heavy atom. The van der Waals surface area contributed by atoms with E-state index in [0.29, 0.717) is 17.6 Å². The van der Waals surface area contributed by atoms with Gasteiger partial charge in [0.2, 0.25) is 0 Å². The van der Waals surface area contributed by atoms with Gasteiger partial charge >= 0.3 is 0 Å². The van der Waals surface area contributed by atoms with Gasteiger partial charge in [-0.15, -0.1) is 11.8 Å². The summed E-state index contributed by atoms with van der Waals surface area (Å²) in [4.78, 5) is 17.4. The first-order chi connectivity index (χ1) is 12.0. The average Bonchev–Trinajstić information content (AvgIpc) is 3.12. The molecule has 2 heterocycles. The van der Waals surface area contributed by atoms with Crippen LogP contribution in [0.3, 0.4) is 0 Å². The van der Waals surface area contributed by atoms with Crippen molar-refractivity contribution in [3.05, 3.63) is 58.0 Å². The molecule has 2 atom stereocenters. The standard InChI is InChI=1S/C20H22N2O2S/c1-11-5-4-6-14(9-11)10-21-20(23)19-12(2)17-15(24-19)7-8-16-18(17)22-13(3)25-16/h4-6,9,16,18H,7-8,10H2,1-3H3,(H,21,23)/t16-,18+/m1/s1. The zero-order valence-electron chi connectivity index (χ0n) is 14.8. The van der Waals surface area contributed by atoms with E-state index >= 15 is 0 Å². The van der Waals surface area contributed by atoms with Gasteiger partial charge in [-0.1, -0.05) is 29.8 Å². The number of carbonyl (C=O) groups excluding carboxylic acids is 1. The molecule has 130 valence electrons. The van der Waals surface area contributed by atoms with Gasteiger partial charge in [-0.2, -0.15) is 0 Å². The van der Waals surface area contributed by atoms with Crippen LogP contribution in [0.1, 0.15) is 58.0 Å². The third-order valence-electron chi connectivity index (χ3n) is 4.96. The van der Waals surface area contributed by atoms with E-state index in [0.717, 1.165) is 40.3 Å². The number of hydrogen-bond acceptors (Lipinski definition) is 4. The van der Waals surface area contributed by atoms with Crippen LogP contribution in [0.25, 0.3) is 0 Å². The van der Waals surface area contributed by atoms with Gasteiger partial charge in [-0.3, -0.25) is 9.79 Å². The van der Waals surface area contributed by atoms with E-state index in [1.54, 1.807) is 0 Å². The number of nitrogens with one attached hydrogen (secondary N) is 1. The molecular formula is C20H22N2O2S. The highest BCUT2D eigenvalue weighted by Crippen LogP contribution is 2.47. The minimum atomic E-state index is -0.142. The first kappa shape index (κ1) is 16.5. The van der Waals surface area contributed by atoms with Crippen LogP contribution in [0.4, 0.5) is 0 Å². The van der Waals surface area contributed by atoms with E-state index in [-0.39, 0.29) is 11.9 Å². The highest BCUT2D eigenvalue weighted by atomic mass is 32.2. The second kappa shape index (κ2) is 6.37. The fourth-order valence-electron chi connectivity index (χ4n) is 3.79. The summed E-state index contributed by atoms with van der Waals surface area (Å²) in [6.07, 6.45) is 1.94. The molecule has 0 saturated heterocycles. The molecule has 1 N–H and O–H groups in total. The highest BCUT2D eigenvalue weighted by molar-refractivity contribution is 8.14. The lowest BCUT2D eigenvalue weighted by atomic mass is 9.90. The Bertz CT molecular complexity index is 869. The minimum absolute atomic E-state index is 0.142. The van der Waals surface area contributed by atoms with Crippen molar-refractivity contribution in [2.24, 2.45) is 4.99 Å². The quantitative estimate of drug-likeness (QED) is 0.892. The zero-order chi connectivity index (χ0) is 17.6. The number of rotatable bonds is 3. The molecule has 1 aliphatic heterocycles. The fourth-order valence-corrected chi connectivity index (χ4v) is 4.97. The third-order valence-corrected chi connectivity index (χ3v) is 6.20. The Morgan fingerprint density at radius 1 is 1.36 bits per heavy atom. The lowest BCUT2D eigenvalue weighted by Gasteiger charge is -2.22. The van der Waals surface area contributed by atoms with Crippen molar-refractivity contribution in [3.63, 3.8) is 0 Å². The molecule has 5 heteroatoms. The Kier molecular flexibility index (Phi) is 4.20. The Morgan fingerprint density at radius 3 is 3.00 bits per heavy atom. The van der Waals surface area contributed by atoms with Crippen molar-refractivity contribution in [1.82, 2.24) is 5.32 Å². The van der Waals surface area contributed by atoms with Crippen molar-refractivity contribution >= 4 is 22.7 Å². The van der Waals surface area contributed by atoms with Gasteiger partial charge in [0, 0.05) is 29.3 Å². The molecule has 2 aromatic rings. The summed E-state index contributed by atoms with van der Waals surface area (Å²) in [5.41, 5.74) is 4.37. The molecule has 0 radical (unpaired) electrons. The van der Waals surface area contributed by atoms with Gasteiger partial charge < -0.3 is 9.73 Å². The minimum Gasteiger partial charge on any atom is -0.455 e. The van der Waals surface area contributed by atoms with Gasteiger partial charge in [0.15, 0.2) is 5.76 Å². The van der Waals surface area contributed by atoms with E-state index < -0.39 is 0 Å². The average molecular weight is 354 g/mol. The van der Waals surface area contributed by atoms with E-state index in [1.807, 2.05) is 30.8 Å². The number of thioether (sulfide) groups is 1. The predicted molar refractivity (Wildman–Crippen MR) is 101 cm³/mol. The van der Waals surface area contributed by atoms with Crippen LogP contribution in [0.2, 0.25) is 0 Å². The van der Waals surface area contributed by atoms with E-state index in [1.165, 1.54) is 5.56 Å². The molecule has 1 aromatic carbocycles. The van der Waals surface area contributed by atoms with Crippen LogP contribution in [-0.4, -0.2) is 16.2 Å². The Balaban J connectivity index is 1.55.